The number of ether oxygens (including phenoxy) is 1. The molecule has 31 heavy (non-hydrogen) atoms. The molecule has 9 heteroatoms. The van der Waals surface area contributed by atoms with E-state index in [4.69, 9.17) is 16.3 Å². The zero-order chi connectivity index (χ0) is 22.1. The number of esters is 1. The van der Waals surface area contributed by atoms with Crippen LogP contribution in [0.5, 0.6) is 0 Å². The van der Waals surface area contributed by atoms with Gasteiger partial charge in [0.15, 0.2) is 5.69 Å². The van der Waals surface area contributed by atoms with Crippen molar-refractivity contribution in [3.8, 4) is 5.69 Å². The fraction of sp³-hybridized carbons (Fsp3) is 0.364. The molecule has 1 aromatic carbocycles. The lowest BCUT2D eigenvalue weighted by Crippen LogP contribution is -2.36. The molecule has 162 valence electrons. The zero-order valence-corrected chi connectivity index (χ0v) is 18.4. The van der Waals surface area contributed by atoms with Crippen LogP contribution in [0, 0.1) is 0 Å². The van der Waals surface area contributed by atoms with Crippen LogP contribution in [0.15, 0.2) is 35.1 Å². The first kappa shape index (κ1) is 21.3. The first-order valence-corrected chi connectivity index (χ1v) is 10.5. The Bertz CT molecular complexity index is 1170. The Morgan fingerprint density at radius 2 is 2.03 bits per heavy atom. The molecule has 1 aliphatic heterocycles. The first-order valence-electron chi connectivity index (χ1n) is 10.1. The van der Waals surface area contributed by atoms with Crippen molar-refractivity contribution in [2.75, 3.05) is 13.7 Å². The number of hydrogen-bond acceptors (Lipinski definition) is 6. The first-order chi connectivity index (χ1) is 14.9. The number of nitrogens with one attached hydrogen (secondary N) is 1. The summed E-state index contributed by atoms with van der Waals surface area (Å²) in [5, 5.41) is 4.76. The van der Waals surface area contributed by atoms with Crippen molar-refractivity contribution in [2.24, 2.45) is 0 Å². The average molecular weight is 442 g/mol. The molecule has 0 spiro atoms. The van der Waals surface area contributed by atoms with Gasteiger partial charge in [0, 0.05) is 37.5 Å². The van der Waals surface area contributed by atoms with E-state index in [1.165, 1.54) is 11.8 Å². The molecular weight excluding hydrogens is 418 g/mol. The van der Waals surface area contributed by atoms with Gasteiger partial charge in [-0.1, -0.05) is 43.6 Å². The molecule has 1 aliphatic rings. The molecule has 3 aromatic rings. The number of benzene rings is 1. The summed E-state index contributed by atoms with van der Waals surface area (Å²) in [6.07, 6.45) is 0.650. The summed E-state index contributed by atoms with van der Waals surface area (Å²) >= 11 is 6.66. The maximum Gasteiger partial charge on any atom is 0.358 e. The number of nitrogens with zero attached hydrogens (tertiary/aromatic N) is 4. The lowest BCUT2D eigenvalue weighted by atomic mass is 10.1. The van der Waals surface area contributed by atoms with Crippen LogP contribution in [-0.2, 0) is 24.2 Å². The van der Waals surface area contributed by atoms with Crippen LogP contribution >= 0.6 is 11.6 Å². The number of methoxy groups -OCH3 is 1. The second-order valence-corrected chi connectivity index (χ2v) is 8.21. The molecule has 0 atom stereocenters. The molecular formula is C22H24ClN5O3. The maximum absolute atomic E-state index is 12.6. The zero-order valence-electron chi connectivity index (χ0n) is 17.7. The van der Waals surface area contributed by atoms with Crippen molar-refractivity contribution in [2.45, 2.75) is 39.3 Å². The van der Waals surface area contributed by atoms with Crippen LogP contribution in [0.2, 0.25) is 5.15 Å². The molecule has 0 amide bonds. The quantitative estimate of drug-likeness (QED) is 0.611. The van der Waals surface area contributed by atoms with E-state index in [1.54, 1.807) is 0 Å². The number of halogens is 1. The molecule has 0 bridgehead atoms. The second-order valence-electron chi connectivity index (χ2n) is 7.85. The number of aromatic amines is 1. The number of H-pyrrole nitrogens is 1. The second kappa shape index (κ2) is 8.64. The fourth-order valence-electron chi connectivity index (χ4n) is 3.70. The minimum atomic E-state index is -0.551. The van der Waals surface area contributed by atoms with Crippen molar-refractivity contribution in [3.05, 3.63) is 74.2 Å². The molecule has 0 fully saturated rings. The van der Waals surface area contributed by atoms with Crippen LogP contribution < -0.4 is 5.56 Å². The Hall–Kier alpha value is -2.97. The molecule has 4 rings (SSSR count). The van der Waals surface area contributed by atoms with E-state index in [1.807, 2.05) is 44.2 Å². The monoisotopic (exact) mass is 441 g/mol. The molecule has 0 radical (unpaired) electrons. The molecule has 0 saturated carbocycles. The van der Waals surface area contributed by atoms with E-state index in [-0.39, 0.29) is 17.2 Å². The highest BCUT2D eigenvalue weighted by atomic mass is 35.5. The van der Waals surface area contributed by atoms with Crippen molar-refractivity contribution >= 4 is 17.6 Å². The van der Waals surface area contributed by atoms with Gasteiger partial charge in [-0.3, -0.25) is 9.69 Å². The largest absolute Gasteiger partial charge is 0.464 e. The van der Waals surface area contributed by atoms with Crippen molar-refractivity contribution < 1.29 is 9.53 Å². The maximum atomic E-state index is 12.6. The van der Waals surface area contributed by atoms with Crippen molar-refractivity contribution in [1.29, 1.82) is 0 Å². The predicted octanol–water partition coefficient (Wildman–Crippen LogP) is 3.08. The number of rotatable bonds is 5. The van der Waals surface area contributed by atoms with Crippen LogP contribution in [0.25, 0.3) is 5.69 Å². The molecule has 0 unspecified atom stereocenters. The minimum Gasteiger partial charge on any atom is -0.464 e. The Morgan fingerprint density at radius 3 is 2.71 bits per heavy atom. The van der Waals surface area contributed by atoms with Crippen LogP contribution in [0.1, 0.15) is 52.9 Å². The Labute approximate surface area is 184 Å². The lowest BCUT2D eigenvalue weighted by Gasteiger charge is -2.27. The summed E-state index contributed by atoms with van der Waals surface area (Å²) in [4.78, 5) is 34.6. The molecule has 8 nitrogen and oxygen atoms in total. The molecule has 0 aliphatic carbocycles. The van der Waals surface area contributed by atoms with Gasteiger partial charge in [0.25, 0.3) is 5.56 Å². The highest BCUT2D eigenvalue weighted by molar-refractivity contribution is 6.31. The Morgan fingerprint density at radius 1 is 1.29 bits per heavy atom. The van der Waals surface area contributed by atoms with Gasteiger partial charge in [-0.15, -0.1) is 0 Å². The average Bonchev–Trinajstić information content (AvgIpc) is 3.10. The number of hydrogen-bond donors (Lipinski definition) is 1. The van der Waals surface area contributed by atoms with E-state index < -0.39 is 5.97 Å². The highest BCUT2D eigenvalue weighted by Gasteiger charge is 2.28. The summed E-state index contributed by atoms with van der Waals surface area (Å²) in [6, 6.07) is 9.36. The third-order valence-corrected chi connectivity index (χ3v) is 5.78. The van der Waals surface area contributed by atoms with E-state index in [0.29, 0.717) is 48.2 Å². The van der Waals surface area contributed by atoms with Gasteiger partial charge < -0.3 is 9.72 Å². The summed E-state index contributed by atoms with van der Waals surface area (Å²) in [5.41, 5.74) is 2.87. The molecule has 3 heterocycles. The van der Waals surface area contributed by atoms with E-state index in [2.05, 4.69) is 20.0 Å². The highest BCUT2D eigenvalue weighted by Crippen LogP contribution is 2.27. The Balaban J connectivity index is 1.66. The SMILES string of the molecule is COC(=O)c1nn(-c2ccccc2)c(Cl)c1CN1CCc2nc(C(C)C)[nH]c(=O)c2C1. The van der Waals surface area contributed by atoms with E-state index >= 15 is 0 Å². The van der Waals surface area contributed by atoms with Crippen molar-refractivity contribution in [1.82, 2.24) is 24.6 Å². The third kappa shape index (κ3) is 4.13. The van der Waals surface area contributed by atoms with Gasteiger partial charge in [-0.2, -0.15) is 5.10 Å². The van der Waals surface area contributed by atoms with E-state index in [0.717, 1.165) is 11.4 Å². The van der Waals surface area contributed by atoms with Crippen LogP contribution in [0.3, 0.4) is 0 Å². The van der Waals surface area contributed by atoms with Gasteiger partial charge >= 0.3 is 5.97 Å². The van der Waals surface area contributed by atoms with Gasteiger partial charge in [-0.05, 0) is 12.1 Å². The topological polar surface area (TPSA) is 93.1 Å². The van der Waals surface area contributed by atoms with Gasteiger partial charge in [0.1, 0.15) is 11.0 Å². The fourth-order valence-corrected chi connectivity index (χ4v) is 3.99. The predicted molar refractivity (Wildman–Crippen MR) is 117 cm³/mol. The normalized spacial score (nSPS) is 14.0. The molecule has 1 N–H and O–H groups in total. The Kier molecular flexibility index (Phi) is 5.93. The summed E-state index contributed by atoms with van der Waals surface area (Å²) in [5.74, 6) is 0.309. The number of carbonyl (C=O) groups is 1. The summed E-state index contributed by atoms with van der Waals surface area (Å²) in [7, 11) is 1.32. The number of aromatic nitrogens is 4. The smallest absolute Gasteiger partial charge is 0.358 e. The van der Waals surface area contributed by atoms with E-state index in [9.17, 15) is 9.59 Å². The van der Waals surface area contributed by atoms with Gasteiger partial charge in [-0.25, -0.2) is 14.5 Å². The third-order valence-electron chi connectivity index (χ3n) is 5.39. The standard InChI is InChI=1S/C22H24ClN5O3/c1-13(2)20-24-17-9-10-27(11-15(17)21(29)25-20)12-16-18(22(30)31-3)26-28(19(16)23)14-7-5-4-6-8-14/h4-8,13H,9-12H2,1-3H3,(H,24,25,29). The minimum absolute atomic E-state index is 0.113. The number of para-hydroxylation sites is 1. The van der Waals surface area contributed by atoms with Gasteiger partial charge in [0.05, 0.1) is 24.1 Å². The number of fused-ring (bicyclic) bond motifs is 1. The lowest BCUT2D eigenvalue weighted by molar-refractivity contribution is 0.0591. The van der Waals surface area contributed by atoms with Crippen molar-refractivity contribution in [3.63, 3.8) is 0 Å². The summed E-state index contributed by atoms with van der Waals surface area (Å²) in [6.45, 7) is 5.47. The molecule has 2 aromatic heterocycles. The number of carbonyl (C=O) groups excluding carboxylic acids is 1. The summed E-state index contributed by atoms with van der Waals surface area (Å²) < 4.78 is 6.46. The van der Waals surface area contributed by atoms with Gasteiger partial charge in [0.2, 0.25) is 0 Å². The van der Waals surface area contributed by atoms with Crippen LogP contribution in [0.4, 0.5) is 0 Å². The molecule has 0 saturated heterocycles. The van der Waals surface area contributed by atoms with Crippen LogP contribution in [-0.4, -0.2) is 44.3 Å².